The van der Waals surface area contributed by atoms with Gasteiger partial charge in [0.15, 0.2) is 0 Å². The van der Waals surface area contributed by atoms with Gasteiger partial charge in [0.25, 0.3) is 0 Å². The summed E-state index contributed by atoms with van der Waals surface area (Å²) in [6.07, 6.45) is 0.749. The van der Waals surface area contributed by atoms with Crippen molar-refractivity contribution in [1.82, 2.24) is 9.62 Å². The smallest absolute Gasteiger partial charge is 0.243 e. The summed E-state index contributed by atoms with van der Waals surface area (Å²) in [4.78, 5) is 13.2. The van der Waals surface area contributed by atoms with Crippen molar-refractivity contribution in [3.63, 3.8) is 0 Å². The molecule has 0 aliphatic heterocycles. The van der Waals surface area contributed by atoms with Crippen molar-refractivity contribution in [2.45, 2.75) is 11.3 Å². The molecule has 1 aromatic carbocycles. The molecule has 0 atom stereocenters. The molecule has 5 nitrogen and oxygen atoms in total. The molecule has 0 aliphatic carbocycles. The van der Waals surface area contributed by atoms with Gasteiger partial charge in [-0.3, -0.25) is 4.79 Å². The van der Waals surface area contributed by atoms with Crippen molar-refractivity contribution in [3.05, 3.63) is 52.7 Å². The molecular weight excluding hydrogens is 320 g/mol. The summed E-state index contributed by atoms with van der Waals surface area (Å²) in [6, 6.07) is 12.0. The first-order valence-electron chi connectivity index (χ1n) is 6.80. The van der Waals surface area contributed by atoms with E-state index >= 15 is 0 Å². The maximum Gasteiger partial charge on any atom is 0.243 e. The van der Waals surface area contributed by atoms with Gasteiger partial charge in [-0.05, 0) is 30.0 Å². The quantitative estimate of drug-likeness (QED) is 0.836. The van der Waals surface area contributed by atoms with Gasteiger partial charge in [-0.1, -0.05) is 24.3 Å². The van der Waals surface area contributed by atoms with E-state index in [2.05, 4.69) is 5.32 Å². The number of nitrogens with one attached hydrogen (secondary N) is 1. The van der Waals surface area contributed by atoms with Crippen LogP contribution in [0.1, 0.15) is 4.88 Å². The van der Waals surface area contributed by atoms with E-state index in [1.54, 1.807) is 29.5 Å². The van der Waals surface area contributed by atoms with Gasteiger partial charge in [0.2, 0.25) is 15.9 Å². The summed E-state index contributed by atoms with van der Waals surface area (Å²) < 4.78 is 25.6. The summed E-state index contributed by atoms with van der Waals surface area (Å²) in [5, 5.41) is 4.72. The van der Waals surface area contributed by atoms with Gasteiger partial charge in [0.1, 0.15) is 0 Å². The van der Waals surface area contributed by atoms with Gasteiger partial charge >= 0.3 is 0 Å². The second-order valence-electron chi connectivity index (χ2n) is 4.75. The summed E-state index contributed by atoms with van der Waals surface area (Å²) >= 11 is 1.63. The number of carbonyl (C=O) groups is 1. The molecule has 1 heterocycles. The third kappa shape index (κ3) is 4.40. The molecule has 0 bridgehead atoms. The van der Waals surface area contributed by atoms with Crippen LogP contribution >= 0.6 is 11.3 Å². The van der Waals surface area contributed by atoms with E-state index < -0.39 is 10.0 Å². The Kier molecular flexibility index (Phi) is 5.70. The molecular formula is C15H18N2O3S2. The van der Waals surface area contributed by atoms with Crippen molar-refractivity contribution in [2.75, 3.05) is 20.1 Å². The predicted octanol–water partition coefficient (Wildman–Crippen LogP) is 1.73. The topological polar surface area (TPSA) is 66.5 Å². The lowest BCUT2D eigenvalue weighted by Crippen LogP contribution is -2.38. The van der Waals surface area contributed by atoms with Crippen LogP contribution in [-0.4, -0.2) is 38.8 Å². The van der Waals surface area contributed by atoms with Crippen molar-refractivity contribution >= 4 is 27.3 Å². The average Bonchev–Trinajstić information content (AvgIpc) is 3.01. The third-order valence-electron chi connectivity index (χ3n) is 3.09. The molecule has 118 valence electrons. The number of rotatable bonds is 7. The number of likely N-dealkylation sites (N-methyl/N-ethyl adjacent to an activating group) is 1. The minimum absolute atomic E-state index is 0.184. The Balaban J connectivity index is 1.85. The molecule has 2 rings (SSSR count). The minimum atomic E-state index is -3.63. The van der Waals surface area contributed by atoms with Gasteiger partial charge in [0.05, 0.1) is 11.4 Å². The van der Waals surface area contributed by atoms with Crippen LogP contribution in [0.5, 0.6) is 0 Å². The molecule has 1 aromatic heterocycles. The third-order valence-corrected chi connectivity index (χ3v) is 5.85. The van der Waals surface area contributed by atoms with Crippen LogP contribution in [0.3, 0.4) is 0 Å². The van der Waals surface area contributed by atoms with Crippen LogP contribution in [0.2, 0.25) is 0 Å². The first-order chi connectivity index (χ1) is 10.5. The van der Waals surface area contributed by atoms with E-state index in [9.17, 15) is 13.2 Å². The zero-order valence-corrected chi connectivity index (χ0v) is 13.9. The zero-order chi connectivity index (χ0) is 16.0. The van der Waals surface area contributed by atoms with E-state index in [0.717, 1.165) is 10.7 Å². The van der Waals surface area contributed by atoms with E-state index in [4.69, 9.17) is 0 Å². The average molecular weight is 338 g/mol. The Hall–Kier alpha value is -1.70. The number of amides is 1. The number of nitrogens with zero attached hydrogens (tertiary/aromatic N) is 1. The van der Waals surface area contributed by atoms with Crippen molar-refractivity contribution in [3.8, 4) is 0 Å². The van der Waals surface area contributed by atoms with E-state index in [1.807, 2.05) is 17.5 Å². The summed E-state index contributed by atoms with van der Waals surface area (Å²) in [7, 11) is -2.22. The predicted molar refractivity (Wildman–Crippen MR) is 87.3 cm³/mol. The Morgan fingerprint density at radius 2 is 1.91 bits per heavy atom. The SMILES string of the molecule is CN(CC(=O)NCCc1cccs1)S(=O)(=O)c1ccccc1. The molecule has 0 radical (unpaired) electrons. The Bertz CT molecular complexity index is 698. The molecule has 0 saturated carbocycles. The summed E-state index contributed by atoms with van der Waals surface area (Å²) in [6.45, 7) is 0.306. The van der Waals surface area contributed by atoms with Crippen LogP contribution in [0.15, 0.2) is 52.7 Å². The number of benzene rings is 1. The lowest BCUT2D eigenvalue weighted by atomic mass is 10.3. The number of sulfonamides is 1. The second kappa shape index (κ2) is 7.53. The van der Waals surface area contributed by atoms with Crippen LogP contribution in [0, 0.1) is 0 Å². The fourth-order valence-electron chi connectivity index (χ4n) is 1.90. The highest BCUT2D eigenvalue weighted by Gasteiger charge is 2.22. The molecule has 2 aromatic rings. The van der Waals surface area contributed by atoms with E-state index in [1.165, 1.54) is 24.1 Å². The molecule has 7 heteroatoms. The maximum absolute atomic E-state index is 12.3. The largest absolute Gasteiger partial charge is 0.355 e. The number of carbonyl (C=O) groups excluding carboxylic acids is 1. The highest BCUT2D eigenvalue weighted by molar-refractivity contribution is 7.89. The molecule has 0 saturated heterocycles. The Morgan fingerprint density at radius 3 is 2.55 bits per heavy atom. The van der Waals surface area contributed by atoms with Gasteiger partial charge in [-0.15, -0.1) is 11.3 Å². The molecule has 0 unspecified atom stereocenters. The fourth-order valence-corrected chi connectivity index (χ4v) is 3.75. The highest BCUT2D eigenvalue weighted by Crippen LogP contribution is 2.13. The molecule has 22 heavy (non-hydrogen) atoms. The molecule has 1 N–H and O–H groups in total. The Labute approximate surface area is 134 Å². The molecule has 0 fully saturated rings. The van der Waals surface area contributed by atoms with Gasteiger partial charge < -0.3 is 5.32 Å². The minimum Gasteiger partial charge on any atom is -0.355 e. The summed E-state index contributed by atoms with van der Waals surface area (Å²) in [5.41, 5.74) is 0. The lowest BCUT2D eigenvalue weighted by molar-refractivity contribution is -0.121. The molecule has 0 aliphatic rings. The monoisotopic (exact) mass is 338 g/mol. The normalized spacial score (nSPS) is 11.5. The number of thiophene rings is 1. The van der Waals surface area contributed by atoms with Gasteiger partial charge in [0, 0.05) is 18.5 Å². The molecule has 1 amide bonds. The fraction of sp³-hybridized carbons (Fsp3) is 0.267. The van der Waals surface area contributed by atoms with Crippen molar-refractivity contribution in [2.24, 2.45) is 0 Å². The number of hydrogen-bond donors (Lipinski definition) is 1. The zero-order valence-electron chi connectivity index (χ0n) is 12.2. The number of hydrogen-bond acceptors (Lipinski definition) is 4. The first-order valence-corrected chi connectivity index (χ1v) is 9.12. The van der Waals surface area contributed by atoms with Crippen LogP contribution in [0.25, 0.3) is 0 Å². The standard InChI is InChI=1S/C15H18N2O3S2/c1-17(22(19,20)14-7-3-2-4-8-14)12-15(18)16-10-9-13-6-5-11-21-13/h2-8,11H,9-10,12H2,1H3,(H,16,18). The van der Waals surface area contributed by atoms with Gasteiger partial charge in [-0.25, -0.2) is 8.42 Å². The van der Waals surface area contributed by atoms with Crippen LogP contribution < -0.4 is 5.32 Å². The Morgan fingerprint density at radius 1 is 1.18 bits per heavy atom. The van der Waals surface area contributed by atoms with E-state index in [0.29, 0.717) is 6.54 Å². The summed E-state index contributed by atoms with van der Waals surface area (Å²) in [5.74, 6) is -0.307. The maximum atomic E-state index is 12.3. The highest BCUT2D eigenvalue weighted by atomic mass is 32.2. The van der Waals surface area contributed by atoms with E-state index in [-0.39, 0.29) is 17.3 Å². The van der Waals surface area contributed by atoms with Crippen molar-refractivity contribution in [1.29, 1.82) is 0 Å². The van der Waals surface area contributed by atoms with Crippen LogP contribution in [0.4, 0.5) is 0 Å². The van der Waals surface area contributed by atoms with Crippen molar-refractivity contribution < 1.29 is 13.2 Å². The lowest BCUT2D eigenvalue weighted by Gasteiger charge is -2.16. The van der Waals surface area contributed by atoms with Gasteiger partial charge in [-0.2, -0.15) is 4.31 Å². The first kappa shape index (κ1) is 16.7. The van der Waals surface area contributed by atoms with Crippen LogP contribution in [-0.2, 0) is 21.2 Å². The molecule has 0 spiro atoms. The second-order valence-corrected chi connectivity index (χ2v) is 7.83.